The summed E-state index contributed by atoms with van der Waals surface area (Å²) in [6, 6.07) is 9.80. The highest BCUT2D eigenvalue weighted by atomic mass is 19.4. The summed E-state index contributed by atoms with van der Waals surface area (Å²) in [5.74, 6) is -1.59. The number of ketones is 1. The molecule has 148 valence electrons. The average molecular weight is 395 g/mol. The number of Topliss-reactive ketones (excluding diaryl/α,β-unsaturated/α-hetero) is 1. The Bertz CT molecular complexity index is 863. The van der Waals surface area contributed by atoms with Gasteiger partial charge in [-0.3, -0.25) is 14.4 Å². The molecule has 0 spiro atoms. The number of halogens is 3. The lowest BCUT2D eigenvalue weighted by Gasteiger charge is -2.09. The Labute approximate surface area is 158 Å². The van der Waals surface area contributed by atoms with Crippen LogP contribution in [0.2, 0.25) is 0 Å². The predicted molar refractivity (Wildman–Crippen MR) is 92.1 cm³/mol. The molecule has 0 fully saturated rings. The number of rotatable bonds is 7. The van der Waals surface area contributed by atoms with Crippen LogP contribution in [0.4, 0.5) is 13.2 Å². The van der Waals surface area contributed by atoms with Crippen LogP contribution in [0.15, 0.2) is 48.5 Å². The number of benzene rings is 2. The standard InChI is InChI=1S/C19H16F3NO5/c1-27-15-4-2-3-13(9-15)16(24)11-28-17(25)10-23-18(26)12-5-7-14(8-6-12)19(20,21)22/h2-9H,10-11H2,1H3,(H,23,26). The number of esters is 1. The fourth-order valence-electron chi connectivity index (χ4n) is 2.14. The number of ether oxygens (including phenoxy) is 2. The smallest absolute Gasteiger partial charge is 0.416 e. The van der Waals surface area contributed by atoms with E-state index >= 15 is 0 Å². The van der Waals surface area contributed by atoms with Gasteiger partial charge in [0.15, 0.2) is 12.4 Å². The Balaban J connectivity index is 1.81. The van der Waals surface area contributed by atoms with Gasteiger partial charge in [0, 0.05) is 11.1 Å². The largest absolute Gasteiger partial charge is 0.497 e. The van der Waals surface area contributed by atoms with Crippen molar-refractivity contribution in [1.29, 1.82) is 0 Å². The van der Waals surface area contributed by atoms with Crippen molar-refractivity contribution in [3.05, 3.63) is 65.2 Å². The van der Waals surface area contributed by atoms with E-state index in [1.807, 2.05) is 0 Å². The van der Waals surface area contributed by atoms with E-state index in [4.69, 9.17) is 9.47 Å². The van der Waals surface area contributed by atoms with Gasteiger partial charge in [0.05, 0.1) is 12.7 Å². The molecule has 1 N–H and O–H groups in total. The zero-order valence-electron chi connectivity index (χ0n) is 14.7. The number of methoxy groups -OCH3 is 1. The zero-order valence-corrected chi connectivity index (χ0v) is 14.7. The van der Waals surface area contributed by atoms with Crippen molar-refractivity contribution in [3.8, 4) is 5.75 Å². The quantitative estimate of drug-likeness (QED) is 0.576. The number of alkyl halides is 3. The first kappa shape index (κ1) is 20.9. The monoisotopic (exact) mass is 395 g/mol. The molecule has 2 aromatic rings. The van der Waals surface area contributed by atoms with E-state index in [1.165, 1.54) is 19.2 Å². The van der Waals surface area contributed by atoms with Crippen molar-refractivity contribution in [2.45, 2.75) is 6.18 Å². The lowest BCUT2D eigenvalue weighted by molar-refractivity contribution is -0.141. The molecule has 0 heterocycles. The molecule has 2 aromatic carbocycles. The molecule has 6 nitrogen and oxygen atoms in total. The van der Waals surface area contributed by atoms with Gasteiger partial charge in [-0.15, -0.1) is 0 Å². The Morgan fingerprint density at radius 3 is 2.29 bits per heavy atom. The van der Waals surface area contributed by atoms with E-state index < -0.39 is 42.6 Å². The van der Waals surface area contributed by atoms with Gasteiger partial charge in [0.1, 0.15) is 12.3 Å². The van der Waals surface area contributed by atoms with Crippen LogP contribution < -0.4 is 10.1 Å². The van der Waals surface area contributed by atoms with Crippen LogP contribution in [0.25, 0.3) is 0 Å². The van der Waals surface area contributed by atoms with Crippen LogP contribution in [-0.4, -0.2) is 37.9 Å². The number of carbonyl (C=O) groups is 3. The fourth-order valence-corrected chi connectivity index (χ4v) is 2.14. The Morgan fingerprint density at radius 1 is 1.00 bits per heavy atom. The minimum absolute atomic E-state index is 0.0479. The maximum absolute atomic E-state index is 12.5. The van der Waals surface area contributed by atoms with Gasteiger partial charge in [-0.2, -0.15) is 13.2 Å². The third-order valence-corrected chi connectivity index (χ3v) is 3.62. The molecule has 0 atom stereocenters. The summed E-state index contributed by atoms with van der Waals surface area (Å²) in [4.78, 5) is 35.5. The van der Waals surface area contributed by atoms with Crippen molar-refractivity contribution in [2.75, 3.05) is 20.3 Å². The number of nitrogens with one attached hydrogen (secondary N) is 1. The van der Waals surface area contributed by atoms with Crippen molar-refractivity contribution in [2.24, 2.45) is 0 Å². The summed E-state index contributed by atoms with van der Waals surface area (Å²) < 4.78 is 47.3. The van der Waals surface area contributed by atoms with Crippen LogP contribution in [0.3, 0.4) is 0 Å². The molecule has 0 saturated carbocycles. The third kappa shape index (κ3) is 5.83. The van der Waals surface area contributed by atoms with Crippen LogP contribution in [0.1, 0.15) is 26.3 Å². The molecule has 0 aliphatic heterocycles. The molecule has 0 aliphatic rings. The lowest BCUT2D eigenvalue weighted by atomic mass is 10.1. The molecule has 0 unspecified atom stereocenters. The summed E-state index contributed by atoms with van der Waals surface area (Å²) in [5.41, 5.74) is -0.645. The second-order valence-corrected chi connectivity index (χ2v) is 5.57. The van der Waals surface area contributed by atoms with E-state index in [9.17, 15) is 27.6 Å². The van der Waals surface area contributed by atoms with Gasteiger partial charge in [0.2, 0.25) is 0 Å². The van der Waals surface area contributed by atoms with Crippen molar-refractivity contribution in [3.63, 3.8) is 0 Å². The number of carbonyl (C=O) groups excluding carboxylic acids is 3. The van der Waals surface area contributed by atoms with Crippen LogP contribution in [-0.2, 0) is 15.7 Å². The fraction of sp³-hybridized carbons (Fsp3) is 0.211. The highest BCUT2D eigenvalue weighted by Crippen LogP contribution is 2.29. The zero-order chi connectivity index (χ0) is 20.7. The number of hydrogen-bond acceptors (Lipinski definition) is 5. The molecular weight excluding hydrogens is 379 g/mol. The van der Waals surface area contributed by atoms with Gasteiger partial charge in [0.25, 0.3) is 5.91 Å². The van der Waals surface area contributed by atoms with Crippen molar-refractivity contribution in [1.82, 2.24) is 5.32 Å². The summed E-state index contributed by atoms with van der Waals surface area (Å²) in [6.45, 7) is -1.06. The summed E-state index contributed by atoms with van der Waals surface area (Å²) >= 11 is 0. The Hall–Kier alpha value is -3.36. The molecule has 1 amide bonds. The van der Waals surface area contributed by atoms with Crippen LogP contribution in [0.5, 0.6) is 5.75 Å². The number of amides is 1. The molecule has 0 bridgehead atoms. The maximum atomic E-state index is 12.5. The van der Waals surface area contributed by atoms with Crippen molar-refractivity contribution < 1.29 is 37.0 Å². The third-order valence-electron chi connectivity index (χ3n) is 3.62. The SMILES string of the molecule is COc1cccc(C(=O)COC(=O)CNC(=O)c2ccc(C(F)(F)F)cc2)c1. The summed E-state index contributed by atoms with van der Waals surface area (Å²) in [6.07, 6.45) is -4.51. The number of hydrogen-bond donors (Lipinski definition) is 1. The van der Waals surface area contributed by atoms with Gasteiger partial charge >= 0.3 is 12.1 Å². The molecule has 0 aromatic heterocycles. The molecule has 9 heteroatoms. The first-order valence-electron chi connectivity index (χ1n) is 7.99. The molecule has 28 heavy (non-hydrogen) atoms. The minimum Gasteiger partial charge on any atom is -0.497 e. The average Bonchev–Trinajstić information content (AvgIpc) is 2.69. The van der Waals surface area contributed by atoms with Gasteiger partial charge < -0.3 is 14.8 Å². The Kier molecular flexibility index (Phi) is 6.75. The van der Waals surface area contributed by atoms with E-state index in [2.05, 4.69) is 5.32 Å². The second-order valence-electron chi connectivity index (χ2n) is 5.57. The molecule has 2 rings (SSSR count). The molecule has 0 saturated heterocycles. The Morgan fingerprint density at radius 2 is 1.68 bits per heavy atom. The highest BCUT2D eigenvalue weighted by Gasteiger charge is 2.30. The van der Waals surface area contributed by atoms with E-state index in [0.717, 1.165) is 24.3 Å². The first-order valence-corrected chi connectivity index (χ1v) is 7.99. The van der Waals surface area contributed by atoms with E-state index in [0.29, 0.717) is 11.3 Å². The molecule has 0 aliphatic carbocycles. The summed E-state index contributed by atoms with van der Waals surface area (Å²) in [7, 11) is 1.45. The van der Waals surface area contributed by atoms with Gasteiger partial charge in [-0.1, -0.05) is 12.1 Å². The van der Waals surface area contributed by atoms with E-state index in [1.54, 1.807) is 12.1 Å². The maximum Gasteiger partial charge on any atom is 0.416 e. The topological polar surface area (TPSA) is 81.7 Å². The molecule has 0 radical (unpaired) electrons. The van der Waals surface area contributed by atoms with E-state index in [-0.39, 0.29) is 5.56 Å². The van der Waals surface area contributed by atoms with Gasteiger partial charge in [-0.25, -0.2) is 0 Å². The predicted octanol–water partition coefficient (Wildman–Crippen LogP) is 2.87. The second kappa shape index (κ2) is 9.03. The van der Waals surface area contributed by atoms with Gasteiger partial charge in [-0.05, 0) is 36.4 Å². The normalized spacial score (nSPS) is 10.9. The lowest BCUT2D eigenvalue weighted by Crippen LogP contribution is -2.31. The molecular formula is C19H16F3NO5. The highest BCUT2D eigenvalue weighted by molar-refractivity contribution is 5.99. The summed E-state index contributed by atoms with van der Waals surface area (Å²) in [5, 5.41) is 2.21. The van der Waals surface area contributed by atoms with Crippen LogP contribution >= 0.6 is 0 Å². The first-order chi connectivity index (χ1) is 13.2. The minimum atomic E-state index is -4.51. The van der Waals surface area contributed by atoms with Crippen LogP contribution in [0, 0.1) is 0 Å². The van der Waals surface area contributed by atoms with Crippen molar-refractivity contribution >= 4 is 17.7 Å².